The van der Waals surface area contributed by atoms with Gasteiger partial charge in [-0.2, -0.15) is 0 Å². The number of likely N-dealkylation sites (N-methyl/N-ethyl adjacent to an activating group) is 1. The molecule has 1 unspecified atom stereocenters. The minimum absolute atomic E-state index is 0.221. The molecule has 2 rings (SSSR count). The molecule has 106 valence electrons. The Morgan fingerprint density at radius 3 is 2.50 bits per heavy atom. The van der Waals surface area contributed by atoms with Crippen molar-refractivity contribution >= 4 is 31.9 Å². The van der Waals surface area contributed by atoms with Crippen molar-refractivity contribution in [3.8, 4) is 0 Å². The van der Waals surface area contributed by atoms with Crippen molar-refractivity contribution in [3.63, 3.8) is 0 Å². The van der Waals surface area contributed by atoms with Crippen molar-refractivity contribution in [2.24, 2.45) is 0 Å². The first-order valence-electron chi connectivity index (χ1n) is 6.08. The monoisotopic (exact) mass is 403 g/mol. The fourth-order valence-corrected chi connectivity index (χ4v) is 2.84. The zero-order valence-electron chi connectivity index (χ0n) is 10.8. The second-order valence-corrected chi connectivity index (χ2v) is 6.13. The molecule has 0 saturated heterocycles. The Morgan fingerprint density at radius 1 is 1.10 bits per heavy atom. The van der Waals surface area contributed by atoms with E-state index in [-0.39, 0.29) is 17.7 Å². The van der Waals surface area contributed by atoms with Gasteiger partial charge in [0.15, 0.2) is 0 Å². The molecule has 0 bridgehead atoms. The molecule has 1 atom stereocenters. The highest BCUT2D eigenvalue weighted by Gasteiger charge is 2.17. The molecule has 1 N–H and O–H groups in total. The summed E-state index contributed by atoms with van der Waals surface area (Å²) in [5.41, 5.74) is 1.36. The van der Waals surface area contributed by atoms with E-state index < -0.39 is 0 Å². The summed E-state index contributed by atoms with van der Waals surface area (Å²) in [6.07, 6.45) is 0.493. The van der Waals surface area contributed by atoms with E-state index in [2.05, 4.69) is 37.2 Å². The third-order valence-electron chi connectivity index (χ3n) is 3.14. The van der Waals surface area contributed by atoms with Crippen molar-refractivity contribution < 1.29 is 8.78 Å². The van der Waals surface area contributed by atoms with Gasteiger partial charge >= 0.3 is 0 Å². The summed E-state index contributed by atoms with van der Waals surface area (Å²) >= 11 is 6.47. The molecule has 1 nitrogen and oxygen atoms in total. The van der Waals surface area contributed by atoms with Crippen LogP contribution in [0.1, 0.15) is 17.2 Å². The van der Waals surface area contributed by atoms with E-state index >= 15 is 0 Å². The first-order valence-corrected chi connectivity index (χ1v) is 7.66. The van der Waals surface area contributed by atoms with E-state index in [4.69, 9.17) is 0 Å². The minimum atomic E-state index is -0.311. The van der Waals surface area contributed by atoms with E-state index in [0.29, 0.717) is 20.9 Å². The van der Waals surface area contributed by atoms with Crippen LogP contribution in [0.4, 0.5) is 8.78 Å². The second-order valence-electron chi connectivity index (χ2n) is 4.42. The average molecular weight is 405 g/mol. The van der Waals surface area contributed by atoms with E-state index in [0.717, 1.165) is 5.56 Å². The third-order valence-corrected chi connectivity index (χ3v) is 4.52. The summed E-state index contributed by atoms with van der Waals surface area (Å²) in [7, 11) is 1.76. The highest BCUT2D eigenvalue weighted by Crippen LogP contribution is 2.28. The molecule has 2 aromatic carbocycles. The summed E-state index contributed by atoms with van der Waals surface area (Å²) in [4.78, 5) is 0. The quantitative estimate of drug-likeness (QED) is 0.756. The molecule has 0 aromatic heterocycles. The molecule has 0 aliphatic rings. The maximum atomic E-state index is 14.0. The van der Waals surface area contributed by atoms with Gasteiger partial charge in [0.25, 0.3) is 0 Å². The van der Waals surface area contributed by atoms with Gasteiger partial charge in [-0.3, -0.25) is 0 Å². The van der Waals surface area contributed by atoms with E-state index in [9.17, 15) is 8.78 Å². The molecule has 0 amide bonds. The summed E-state index contributed by atoms with van der Waals surface area (Å²) in [5.74, 6) is -0.597. The predicted octanol–water partition coefficient (Wildman–Crippen LogP) is 4.99. The van der Waals surface area contributed by atoms with Crippen molar-refractivity contribution in [3.05, 3.63) is 68.1 Å². The molecule has 0 radical (unpaired) electrons. The maximum absolute atomic E-state index is 14.0. The van der Waals surface area contributed by atoms with E-state index in [1.807, 2.05) is 6.07 Å². The van der Waals surface area contributed by atoms with Crippen molar-refractivity contribution in [2.45, 2.75) is 12.5 Å². The Labute approximate surface area is 133 Å². The smallest absolute Gasteiger partial charge is 0.137 e. The molecule has 0 aliphatic heterocycles. The fourth-order valence-electron chi connectivity index (χ4n) is 2.08. The van der Waals surface area contributed by atoms with Crippen molar-refractivity contribution in [1.29, 1.82) is 0 Å². The van der Waals surface area contributed by atoms with Crippen LogP contribution in [0.25, 0.3) is 0 Å². The van der Waals surface area contributed by atoms with Crippen LogP contribution in [-0.2, 0) is 6.42 Å². The zero-order valence-corrected chi connectivity index (χ0v) is 13.9. The lowest BCUT2D eigenvalue weighted by Crippen LogP contribution is -2.20. The van der Waals surface area contributed by atoms with Gasteiger partial charge in [-0.05, 0) is 53.2 Å². The van der Waals surface area contributed by atoms with Crippen LogP contribution in [0.3, 0.4) is 0 Å². The standard InChI is InChI=1S/C15H13Br2F2N/c1-20-14(11-6-5-10(16)8-13(11)19)7-9-3-2-4-12(18)15(9)17/h2-6,8,14,20H,7H2,1H3. The van der Waals surface area contributed by atoms with Crippen LogP contribution in [0, 0.1) is 11.6 Å². The van der Waals surface area contributed by atoms with Gasteiger partial charge in [0, 0.05) is 16.1 Å². The highest BCUT2D eigenvalue weighted by molar-refractivity contribution is 9.10. The first-order chi connectivity index (χ1) is 9.52. The van der Waals surface area contributed by atoms with Crippen LogP contribution in [0.5, 0.6) is 0 Å². The predicted molar refractivity (Wildman–Crippen MR) is 83.7 cm³/mol. The summed E-state index contributed by atoms with van der Waals surface area (Å²) in [6, 6.07) is 9.61. The SMILES string of the molecule is CNC(Cc1cccc(F)c1Br)c1ccc(Br)cc1F. The van der Waals surface area contributed by atoms with Crippen LogP contribution >= 0.6 is 31.9 Å². The Morgan fingerprint density at radius 2 is 1.85 bits per heavy atom. The summed E-state index contributed by atoms with van der Waals surface area (Å²) < 4.78 is 28.7. The lowest BCUT2D eigenvalue weighted by atomic mass is 9.98. The van der Waals surface area contributed by atoms with Crippen LogP contribution in [0.15, 0.2) is 45.3 Å². The van der Waals surface area contributed by atoms with Gasteiger partial charge in [0.1, 0.15) is 11.6 Å². The number of rotatable bonds is 4. The molecule has 0 aliphatic carbocycles. The number of nitrogens with one attached hydrogen (secondary N) is 1. The highest BCUT2D eigenvalue weighted by atomic mass is 79.9. The van der Waals surface area contributed by atoms with Gasteiger partial charge in [0.05, 0.1) is 4.47 Å². The van der Waals surface area contributed by atoms with Gasteiger partial charge in [-0.15, -0.1) is 0 Å². The van der Waals surface area contributed by atoms with Crippen LogP contribution in [-0.4, -0.2) is 7.05 Å². The molecule has 20 heavy (non-hydrogen) atoms. The summed E-state index contributed by atoms with van der Waals surface area (Å²) in [5, 5.41) is 3.08. The zero-order chi connectivity index (χ0) is 14.7. The third kappa shape index (κ3) is 3.45. The first kappa shape index (κ1) is 15.6. The Bertz CT molecular complexity index is 617. The summed E-state index contributed by atoms with van der Waals surface area (Å²) in [6.45, 7) is 0. The second kappa shape index (κ2) is 6.78. The van der Waals surface area contributed by atoms with Crippen molar-refractivity contribution in [2.75, 3.05) is 7.05 Å². The maximum Gasteiger partial charge on any atom is 0.137 e. The molecule has 0 fully saturated rings. The number of benzene rings is 2. The van der Waals surface area contributed by atoms with E-state index in [1.165, 1.54) is 12.1 Å². The molecule has 0 heterocycles. The van der Waals surface area contributed by atoms with Gasteiger partial charge in [-0.1, -0.05) is 34.1 Å². The van der Waals surface area contributed by atoms with Crippen LogP contribution < -0.4 is 5.32 Å². The fraction of sp³-hybridized carbons (Fsp3) is 0.200. The average Bonchev–Trinajstić information content (AvgIpc) is 2.41. The van der Waals surface area contributed by atoms with Gasteiger partial charge < -0.3 is 5.32 Å². The topological polar surface area (TPSA) is 12.0 Å². The lowest BCUT2D eigenvalue weighted by molar-refractivity contribution is 0.530. The van der Waals surface area contributed by atoms with Gasteiger partial charge in [0.2, 0.25) is 0 Å². The number of hydrogen-bond donors (Lipinski definition) is 1. The largest absolute Gasteiger partial charge is 0.313 e. The minimum Gasteiger partial charge on any atom is -0.313 e. The molecular formula is C15H13Br2F2N. The number of halogens is 4. The Balaban J connectivity index is 2.31. The van der Waals surface area contributed by atoms with Crippen molar-refractivity contribution in [1.82, 2.24) is 5.32 Å². The van der Waals surface area contributed by atoms with Gasteiger partial charge in [-0.25, -0.2) is 8.78 Å². The molecule has 5 heteroatoms. The Kier molecular flexibility index (Phi) is 5.29. The molecule has 2 aromatic rings. The molecule has 0 spiro atoms. The van der Waals surface area contributed by atoms with Crippen LogP contribution in [0.2, 0.25) is 0 Å². The van der Waals surface area contributed by atoms with E-state index in [1.54, 1.807) is 25.2 Å². The Hall–Kier alpha value is -0.780. The number of hydrogen-bond acceptors (Lipinski definition) is 1. The normalized spacial score (nSPS) is 12.4. The molecule has 0 saturated carbocycles. The lowest BCUT2D eigenvalue weighted by Gasteiger charge is -2.18. The molecular weight excluding hydrogens is 392 g/mol.